The van der Waals surface area contributed by atoms with E-state index in [4.69, 9.17) is 5.26 Å². The minimum absolute atomic E-state index is 0.00380. The van der Waals surface area contributed by atoms with Gasteiger partial charge < -0.3 is 5.32 Å². The first-order chi connectivity index (χ1) is 10.1. The summed E-state index contributed by atoms with van der Waals surface area (Å²) >= 11 is 0. The first-order valence-corrected chi connectivity index (χ1v) is 6.27. The van der Waals surface area contributed by atoms with Crippen LogP contribution in [-0.2, 0) is 6.42 Å². The predicted molar refractivity (Wildman–Crippen MR) is 76.4 cm³/mol. The van der Waals surface area contributed by atoms with Gasteiger partial charge in [0.1, 0.15) is 17.4 Å². The van der Waals surface area contributed by atoms with Gasteiger partial charge in [0.05, 0.1) is 4.92 Å². The number of nitro groups is 1. The molecule has 5 nitrogen and oxygen atoms in total. The van der Waals surface area contributed by atoms with Crippen molar-refractivity contribution < 1.29 is 9.31 Å². The maximum absolute atomic E-state index is 13.4. The van der Waals surface area contributed by atoms with Crippen LogP contribution in [0.25, 0.3) is 0 Å². The van der Waals surface area contributed by atoms with Gasteiger partial charge >= 0.3 is 0 Å². The Morgan fingerprint density at radius 3 is 2.71 bits per heavy atom. The molecule has 1 N–H and O–H groups in total. The highest BCUT2D eigenvalue weighted by atomic mass is 19.1. The number of hydrogen-bond donors (Lipinski definition) is 1. The molecule has 0 aliphatic heterocycles. The molecular weight excluding hydrogens is 273 g/mol. The van der Waals surface area contributed by atoms with Gasteiger partial charge in [0.25, 0.3) is 5.69 Å². The van der Waals surface area contributed by atoms with Crippen molar-refractivity contribution in [3.63, 3.8) is 0 Å². The standard InChI is InChI=1S/C15H12FN3O2/c16-14-4-2-1-3-11(14)7-8-18-13-5-6-15(19(20)21)12(9-13)10-17/h1-6,9,18H,7-8H2. The lowest BCUT2D eigenvalue weighted by Crippen LogP contribution is -2.06. The van der Waals surface area contributed by atoms with Crippen LogP contribution >= 0.6 is 0 Å². The number of hydrogen-bond acceptors (Lipinski definition) is 4. The third-order valence-corrected chi connectivity index (χ3v) is 3.00. The van der Waals surface area contributed by atoms with Gasteiger partial charge in [0.15, 0.2) is 0 Å². The van der Waals surface area contributed by atoms with E-state index >= 15 is 0 Å². The smallest absolute Gasteiger partial charge is 0.287 e. The second-order valence-corrected chi connectivity index (χ2v) is 4.37. The van der Waals surface area contributed by atoms with Crippen molar-refractivity contribution in [2.24, 2.45) is 0 Å². The number of anilines is 1. The summed E-state index contributed by atoms with van der Waals surface area (Å²) in [7, 11) is 0. The van der Waals surface area contributed by atoms with Crippen molar-refractivity contribution in [2.45, 2.75) is 6.42 Å². The topological polar surface area (TPSA) is 79.0 Å². The van der Waals surface area contributed by atoms with Gasteiger partial charge in [-0.3, -0.25) is 10.1 Å². The van der Waals surface area contributed by atoms with Crippen LogP contribution in [0.5, 0.6) is 0 Å². The van der Waals surface area contributed by atoms with Crippen LogP contribution in [0.15, 0.2) is 42.5 Å². The lowest BCUT2D eigenvalue weighted by atomic mass is 10.1. The average Bonchev–Trinajstić information content (AvgIpc) is 2.48. The van der Waals surface area contributed by atoms with Gasteiger partial charge in [-0.15, -0.1) is 0 Å². The summed E-state index contributed by atoms with van der Waals surface area (Å²) in [5.41, 5.74) is 0.953. The van der Waals surface area contributed by atoms with E-state index in [1.165, 1.54) is 24.3 Å². The van der Waals surface area contributed by atoms with Crippen molar-refractivity contribution in [3.8, 4) is 6.07 Å². The molecular formula is C15H12FN3O2. The highest BCUT2D eigenvalue weighted by Gasteiger charge is 2.13. The van der Waals surface area contributed by atoms with Crippen LogP contribution in [0.1, 0.15) is 11.1 Å². The van der Waals surface area contributed by atoms with E-state index in [-0.39, 0.29) is 17.1 Å². The van der Waals surface area contributed by atoms with Crippen molar-refractivity contribution in [2.75, 3.05) is 11.9 Å². The van der Waals surface area contributed by atoms with E-state index in [0.29, 0.717) is 24.2 Å². The largest absolute Gasteiger partial charge is 0.385 e. The van der Waals surface area contributed by atoms with Gasteiger partial charge in [-0.05, 0) is 30.2 Å². The lowest BCUT2D eigenvalue weighted by Gasteiger charge is -2.07. The molecule has 106 valence electrons. The van der Waals surface area contributed by atoms with Crippen LogP contribution < -0.4 is 5.32 Å². The molecule has 0 aromatic heterocycles. The van der Waals surface area contributed by atoms with Crippen molar-refractivity contribution in [1.29, 1.82) is 5.26 Å². The van der Waals surface area contributed by atoms with E-state index in [1.807, 2.05) is 0 Å². The second-order valence-electron chi connectivity index (χ2n) is 4.37. The van der Waals surface area contributed by atoms with Crippen molar-refractivity contribution in [1.82, 2.24) is 0 Å². The highest BCUT2D eigenvalue weighted by molar-refractivity contribution is 5.58. The Bertz CT molecular complexity index is 710. The summed E-state index contributed by atoms with van der Waals surface area (Å²) in [5, 5.41) is 22.6. The molecule has 0 amide bonds. The number of nitro benzene ring substituents is 1. The number of nitriles is 1. The Morgan fingerprint density at radius 2 is 2.05 bits per heavy atom. The lowest BCUT2D eigenvalue weighted by molar-refractivity contribution is -0.385. The van der Waals surface area contributed by atoms with Crippen molar-refractivity contribution >= 4 is 11.4 Å². The normalized spacial score (nSPS) is 9.90. The molecule has 2 aromatic carbocycles. The summed E-state index contributed by atoms with van der Waals surface area (Å²) < 4.78 is 13.4. The molecule has 0 atom stereocenters. The molecule has 0 radical (unpaired) electrons. The molecule has 0 spiro atoms. The van der Waals surface area contributed by atoms with Crippen LogP contribution in [0.4, 0.5) is 15.8 Å². The Labute approximate surface area is 120 Å². The first kappa shape index (κ1) is 14.5. The average molecular weight is 285 g/mol. The van der Waals surface area contributed by atoms with Crippen LogP contribution in [0.3, 0.4) is 0 Å². The van der Waals surface area contributed by atoms with E-state index in [1.54, 1.807) is 24.3 Å². The van der Waals surface area contributed by atoms with E-state index in [0.717, 1.165) is 0 Å². The molecule has 0 saturated heterocycles. The van der Waals surface area contributed by atoms with Gasteiger partial charge in [-0.25, -0.2) is 4.39 Å². The van der Waals surface area contributed by atoms with Gasteiger partial charge in [-0.1, -0.05) is 18.2 Å². The molecule has 2 aromatic rings. The van der Waals surface area contributed by atoms with Crippen LogP contribution in [-0.4, -0.2) is 11.5 Å². The fraction of sp³-hybridized carbons (Fsp3) is 0.133. The Balaban J connectivity index is 2.03. The molecule has 2 rings (SSSR count). The summed E-state index contributed by atoms with van der Waals surface area (Å²) in [6.45, 7) is 0.462. The Morgan fingerprint density at radius 1 is 1.29 bits per heavy atom. The molecule has 0 unspecified atom stereocenters. The van der Waals surface area contributed by atoms with Crippen molar-refractivity contribution in [3.05, 3.63) is 69.5 Å². The summed E-state index contributed by atoms with van der Waals surface area (Å²) in [5.74, 6) is -0.263. The maximum atomic E-state index is 13.4. The number of rotatable bonds is 5. The molecule has 21 heavy (non-hydrogen) atoms. The third kappa shape index (κ3) is 3.54. The predicted octanol–water partition coefficient (Wildman–Crippen LogP) is 3.26. The zero-order chi connectivity index (χ0) is 15.2. The first-order valence-electron chi connectivity index (χ1n) is 6.27. The number of nitrogens with one attached hydrogen (secondary N) is 1. The summed E-state index contributed by atoms with van der Waals surface area (Å²) in [6, 6.07) is 12.5. The molecule has 0 saturated carbocycles. The molecule has 0 bridgehead atoms. The number of nitrogens with zero attached hydrogens (tertiary/aromatic N) is 2. The summed E-state index contributed by atoms with van der Waals surface area (Å²) in [6.07, 6.45) is 0.478. The maximum Gasteiger partial charge on any atom is 0.287 e. The van der Waals surface area contributed by atoms with Gasteiger partial charge in [0, 0.05) is 18.3 Å². The minimum Gasteiger partial charge on any atom is -0.385 e. The molecule has 0 aliphatic rings. The van der Waals surface area contributed by atoms with Crippen LogP contribution in [0.2, 0.25) is 0 Å². The fourth-order valence-electron chi connectivity index (χ4n) is 1.94. The quantitative estimate of drug-likeness (QED) is 0.675. The monoisotopic (exact) mass is 285 g/mol. The Kier molecular flexibility index (Phi) is 4.46. The zero-order valence-corrected chi connectivity index (χ0v) is 11.0. The van der Waals surface area contributed by atoms with Gasteiger partial charge in [0.2, 0.25) is 0 Å². The van der Waals surface area contributed by atoms with Gasteiger partial charge in [-0.2, -0.15) is 5.26 Å². The second kappa shape index (κ2) is 6.48. The minimum atomic E-state index is -0.596. The molecule has 0 aliphatic carbocycles. The molecule has 6 heteroatoms. The Hall–Kier alpha value is -2.94. The van der Waals surface area contributed by atoms with E-state index in [9.17, 15) is 14.5 Å². The number of benzene rings is 2. The fourth-order valence-corrected chi connectivity index (χ4v) is 1.94. The van der Waals surface area contributed by atoms with E-state index < -0.39 is 4.92 Å². The molecule has 0 fully saturated rings. The SMILES string of the molecule is N#Cc1cc(NCCc2ccccc2F)ccc1[N+](=O)[O-]. The van der Waals surface area contributed by atoms with E-state index in [2.05, 4.69) is 5.32 Å². The molecule has 0 heterocycles. The highest BCUT2D eigenvalue weighted by Crippen LogP contribution is 2.21. The third-order valence-electron chi connectivity index (χ3n) is 3.00. The summed E-state index contributed by atoms with van der Waals surface area (Å²) in [4.78, 5) is 10.1. The van der Waals surface area contributed by atoms with Crippen LogP contribution in [0, 0.1) is 27.3 Å². The number of halogens is 1. The zero-order valence-electron chi connectivity index (χ0n) is 11.0.